The Morgan fingerprint density at radius 3 is 2.83 bits per heavy atom. The van der Waals surface area contributed by atoms with E-state index in [1.165, 1.54) is 0 Å². The fourth-order valence-electron chi connectivity index (χ4n) is 3.43. The van der Waals surface area contributed by atoms with Crippen LogP contribution in [0.5, 0.6) is 0 Å². The lowest BCUT2D eigenvalue weighted by Gasteiger charge is -2.30. The van der Waals surface area contributed by atoms with E-state index in [1.54, 1.807) is 6.07 Å². The Morgan fingerprint density at radius 1 is 1.42 bits per heavy atom. The summed E-state index contributed by atoms with van der Waals surface area (Å²) < 4.78 is 0. The molecule has 2 amide bonds. The average molecular weight is 331 g/mol. The van der Waals surface area contributed by atoms with Gasteiger partial charge >= 0.3 is 0 Å². The van der Waals surface area contributed by atoms with Crippen LogP contribution in [0.4, 0.5) is 11.4 Å². The van der Waals surface area contributed by atoms with E-state index in [0.717, 1.165) is 25.2 Å². The van der Waals surface area contributed by atoms with E-state index in [2.05, 4.69) is 20.9 Å². The van der Waals surface area contributed by atoms with Gasteiger partial charge in [0, 0.05) is 42.6 Å². The average Bonchev–Trinajstić information content (AvgIpc) is 3.15. The second-order valence-corrected chi connectivity index (χ2v) is 6.82. The quantitative estimate of drug-likeness (QED) is 0.573. The van der Waals surface area contributed by atoms with Gasteiger partial charge in [0.25, 0.3) is 5.91 Å². The number of hydrogen-bond acceptors (Lipinski definition) is 5. The standard InChI is InChI=1S/C17H25N5O2/c1-10(2)21-16(23)8-20-17(24)14-6-12(3-4-15(14)18)22-9-11-5-13(22)7-19-11/h3-4,6,10-11,13,19H,5,7-9,18H2,1-2H3,(H,20,24)(H,21,23). The number of piperazine rings is 1. The number of nitrogens with one attached hydrogen (secondary N) is 3. The molecule has 2 unspecified atom stereocenters. The Bertz CT molecular complexity index is 646. The van der Waals surface area contributed by atoms with Crippen molar-refractivity contribution in [2.45, 2.75) is 38.4 Å². The fourth-order valence-corrected chi connectivity index (χ4v) is 3.43. The summed E-state index contributed by atoms with van der Waals surface area (Å²) in [5.74, 6) is -0.535. The molecule has 1 aromatic rings. The third-order valence-electron chi connectivity index (χ3n) is 4.53. The molecule has 24 heavy (non-hydrogen) atoms. The molecule has 2 fully saturated rings. The second-order valence-electron chi connectivity index (χ2n) is 6.82. The first-order chi connectivity index (χ1) is 11.4. The number of nitrogens with zero attached hydrogens (tertiary/aromatic N) is 1. The summed E-state index contributed by atoms with van der Waals surface area (Å²) in [5.41, 5.74) is 7.81. The van der Waals surface area contributed by atoms with Crippen molar-refractivity contribution in [2.75, 3.05) is 30.3 Å². The number of benzene rings is 1. The number of fused-ring (bicyclic) bond motifs is 2. The van der Waals surface area contributed by atoms with Crippen molar-refractivity contribution >= 4 is 23.2 Å². The third-order valence-corrected chi connectivity index (χ3v) is 4.53. The molecule has 0 radical (unpaired) electrons. The maximum atomic E-state index is 12.4. The van der Waals surface area contributed by atoms with Crippen LogP contribution in [-0.4, -0.2) is 49.6 Å². The largest absolute Gasteiger partial charge is 0.398 e. The first-order valence-electron chi connectivity index (χ1n) is 8.41. The molecule has 3 rings (SSSR count). The predicted molar refractivity (Wildman–Crippen MR) is 94.0 cm³/mol. The van der Waals surface area contributed by atoms with Crippen LogP contribution >= 0.6 is 0 Å². The highest BCUT2D eigenvalue weighted by molar-refractivity contribution is 6.01. The van der Waals surface area contributed by atoms with Gasteiger partial charge in [-0.2, -0.15) is 0 Å². The van der Waals surface area contributed by atoms with Crippen molar-refractivity contribution in [3.05, 3.63) is 23.8 Å². The van der Waals surface area contributed by atoms with Crippen LogP contribution in [-0.2, 0) is 4.79 Å². The number of nitrogens with two attached hydrogens (primary N) is 1. The van der Waals surface area contributed by atoms with Crippen LogP contribution in [0.25, 0.3) is 0 Å². The van der Waals surface area contributed by atoms with E-state index in [4.69, 9.17) is 5.73 Å². The third kappa shape index (κ3) is 3.46. The molecule has 130 valence electrons. The lowest BCUT2D eigenvalue weighted by atomic mass is 10.1. The minimum absolute atomic E-state index is 0.0435. The van der Waals surface area contributed by atoms with Gasteiger partial charge in [-0.1, -0.05) is 0 Å². The van der Waals surface area contributed by atoms with Crippen molar-refractivity contribution in [3.63, 3.8) is 0 Å². The molecule has 2 aliphatic heterocycles. The smallest absolute Gasteiger partial charge is 0.253 e. The molecule has 0 saturated carbocycles. The van der Waals surface area contributed by atoms with Crippen molar-refractivity contribution in [2.24, 2.45) is 0 Å². The van der Waals surface area contributed by atoms with Crippen molar-refractivity contribution in [1.82, 2.24) is 16.0 Å². The summed E-state index contributed by atoms with van der Waals surface area (Å²) in [7, 11) is 0. The second kappa shape index (κ2) is 6.68. The summed E-state index contributed by atoms with van der Waals surface area (Å²) >= 11 is 0. The van der Waals surface area contributed by atoms with Crippen molar-refractivity contribution < 1.29 is 9.59 Å². The molecule has 0 aromatic heterocycles. The molecule has 7 heteroatoms. The molecule has 7 nitrogen and oxygen atoms in total. The minimum atomic E-state index is -0.323. The van der Waals surface area contributed by atoms with Crippen LogP contribution in [0, 0.1) is 0 Å². The van der Waals surface area contributed by atoms with Gasteiger partial charge in [-0.15, -0.1) is 0 Å². The Morgan fingerprint density at radius 2 is 2.21 bits per heavy atom. The molecular formula is C17H25N5O2. The van der Waals surface area contributed by atoms with Gasteiger partial charge < -0.3 is 26.6 Å². The highest BCUT2D eigenvalue weighted by atomic mass is 16.2. The zero-order valence-corrected chi connectivity index (χ0v) is 14.1. The Labute approximate surface area is 142 Å². The Balaban J connectivity index is 1.67. The lowest BCUT2D eigenvalue weighted by Crippen LogP contribution is -2.43. The zero-order valence-electron chi connectivity index (χ0n) is 14.1. The fraction of sp³-hybridized carbons (Fsp3) is 0.529. The van der Waals surface area contributed by atoms with E-state index >= 15 is 0 Å². The molecular weight excluding hydrogens is 306 g/mol. The number of nitrogen functional groups attached to an aromatic ring is 1. The van der Waals surface area contributed by atoms with Crippen LogP contribution in [0.3, 0.4) is 0 Å². The summed E-state index contributed by atoms with van der Waals surface area (Å²) in [6.07, 6.45) is 1.14. The summed E-state index contributed by atoms with van der Waals surface area (Å²) in [5, 5.41) is 8.84. The normalized spacial score (nSPS) is 22.0. The SMILES string of the molecule is CC(C)NC(=O)CNC(=O)c1cc(N2CC3CC2CN3)ccc1N. The van der Waals surface area contributed by atoms with Gasteiger partial charge in [-0.05, 0) is 38.5 Å². The molecule has 5 N–H and O–H groups in total. The molecule has 2 saturated heterocycles. The van der Waals surface area contributed by atoms with E-state index in [9.17, 15) is 9.59 Å². The van der Waals surface area contributed by atoms with Gasteiger partial charge in [-0.3, -0.25) is 9.59 Å². The molecule has 2 atom stereocenters. The van der Waals surface area contributed by atoms with Crippen LogP contribution in [0.1, 0.15) is 30.6 Å². The van der Waals surface area contributed by atoms with Crippen molar-refractivity contribution in [3.8, 4) is 0 Å². The number of anilines is 2. The van der Waals surface area contributed by atoms with Gasteiger partial charge in [0.05, 0.1) is 12.1 Å². The predicted octanol–water partition coefficient (Wildman–Crippen LogP) is 0.0737. The molecule has 0 aliphatic carbocycles. The van der Waals surface area contributed by atoms with Crippen LogP contribution < -0.4 is 26.6 Å². The highest BCUT2D eigenvalue weighted by Gasteiger charge is 2.37. The van der Waals surface area contributed by atoms with Crippen molar-refractivity contribution in [1.29, 1.82) is 0 Å². The maximum absolute atomic E-state index is 12.4. The number of rotatable bonds is 5. The molecule has 1 aromatic carbocycles. The number of carbonyl (C=O) groups is 2. The van der Waals surface area contributed by atoms with Gasteiger partial charge in [0.2, 0.25) is 5.91 Å². The van der Waals surface area contributed by atoms with E-state index in [-0.39, 0.29) is 24.4 Å². The number of hydrogen-bond donors (Lipinski definition) is 4. The first-order valence-corrected chi connectivity index (χ1v) is 8.41. The number of carbonyl (C=O) groups excluding carboxylic acids is 2. The summed E-state index contributed by atoms with van der Waals surface area (Å²) in [6.45, 7) is 5.62. The monoisotopic (exact) mass is 331 g/mol. The highest BCUT2D eigenvalue weighted by Crippen LogP contribution is 2.31. The van der Waals surface area contributed by atoms with Gasteiger partial charge in [0.1, 0.15) is 0 Å². The summed E-state index contributed by atoms with van der Waals surface area (Å²) in [6, 6.07) is 6.60. The molecule has 2 heterocycles. The van der Waals surface area contributed by atoms with Crippen LogP contribution in [0.15, 0.2) is 18.2 Å². The molecule has 0 spiro atoms. The maximum Gasteiger partial charge on any atom is 0.253 e. The summed E-state index contributed by atoms with van der Waals surface area (Å²) in [4.78, 5) is 26.4. The van der Waals surface area contributed by atoms with E-state index in [0.29, 0.717) is 23.3 Å². The Hall–Kier alpha value is -2.28. The Kier molecular flexibility index (Phi) is 4.62. The molecule has 2 aliphatic rings. The first kappa shape index (κ1) is 16.6. The van der Waals surface area contributed by atoms with E-state index < -0.39 is 0 Å². The van der Waals surface area contributed by atoms with E-state index in [1.807, 2.05) is 26.0 Å². The lowest BCUT2D eigenvalue weighted by molar-refractivity contribution is -0.120. The number of amides is 2. The minimum Gasteiger partial charge on any atom is -0.398 e. The zero-order chi connectivity index (χ0) is 17.3. The molecule has 2 bridgehead atoms. The van der Waals surface area contributed by atoms with Gasteiger partial charge in [-0.25, -0.2) is 0 Å². The van der Waals surface area contributed by atoms with Gasteiger partial charge in [0.15, 0.2) is 0 Å². The topological polar surface area (TPSA) is 99.5 Å². The van der Waals surface area contributed by atoms with Crippen LogP contribution in [0.2, 0.25) is 0 Å².